The summed E-state index contributed by atoms with van der Waals surface area (Å²) in [5.74, 6) is -8.78. The molecule has 0 spiro atoms. The molecule has 0 saturated heterocycles. The highest BCUT2D eigenvalue weighted by Crippen LogP contribution is 2.52. The van der Waals surface area contributed by atoms with Gasteiger partial charge in [0.25, 0.3) is 5.91 Å². The summed E-state index contributed by atoms with van der Waals surface area (Å²) in [6.45, 7) is -0.152. The van der Waals surface area contributed by atoms with Crippen molar-refractivity contribution in [3.05, 3.63) is 39.4 Å². The summed E-state index contributed by atoms with van der Waals surface area (Å²) >= 11 is 0. The van der Waals surface area contributed by atoms with Crippen molar-refractivity contribution < 1.29 is 38.9 Å². The summed E-state index contributed by atoms with van der Waals surface area (Å²) in [4.78, 5) is 52.4. The summed E-state index contributed by atoms with van der Waals surface area (Å²) < 4.78 is 15.7. The third kappa shape index (κ3) is 3.17. The largest absolute Gasteiger partial charge is 0.510 e. The van der Waals surface area contributed by atoms with Crippen LogP contribution in [0.5, 0.6) is 5.75 Å². The summed E-state index contributed by atoms with van der Waals surface area (Å²) in [6.07, 6.45) is 0.0536. The smallest absolute Gasteiger partial charge is 0.255 e. The first-order valence-corrected chi connectivity index (χ1v) is 11.4. The van der Waals surface area contributed by atoms with Crippen LogP contribution >= 0.6 is 0 Å². The monoisotopic (exact) mass is 500 g/mol. The zero-order valence-corrected chi connectivity index (χ0v) is 19.5. The molecule has 0 aromatic heterocycles. The number of nitrogens with two attached hydrogens (primary N) is 1. The highest BCUT2D eigenvalue weighted by atomic mass is 19.1. The van der Waals surface area contributed by atoms with Gasteiger partial charge < -0.3 is 31.7 Å². The number of ketones is 2. The lowest BCUT2D eigenvalue weighted by molar-refractivity contribution is -0.136. The van der Waals surface area contributed by atoms with Gasteiger partial charge in [0.2, 0.25) is 5.91 Å². The number of aliphatic hydroxyl groups excluding tert-OH is 2. The van der Waals surface area contributed by atoms with Gasteiger partial charge in [0.15, 0.2) is 17.3 Å². The maximum absolute atomic E-state index is 15.7. The van der Waals surface area contributed by atoms with E-state index in [4.69, 9.17) is 5.73 Å². The third-order valence-corrected chi connectivity index (χ3v) is 7.62. The molecular formula is C24H25FN4O7. The molecule has 2 amide bonds. The van der Waals surface area contributed by atoms with Crippen LogP contribution in [0, 0.1) is 23.6 Å². The predicted octanol–water partition coefficient (Wildman–Crippen LogP) is 0.0299. The molecule has 3 aliphatic carbocycles. The first-order chi connectivity index (χ1) is 17.0. The Balaban J connectivity index is 1.69. The Bertz CT molecular complexity index is 1330. The molecule has 11 nitrogen and oxygen atoms in total. The number of nitrogens with zero attached hydrogens (tertiary/aromatic N) is 1. The zero-order valence-electron chi connectivity index (χ0n) is 19.5. The summed E-state index contributed by atoms with van der Waals surface area (Å²) in [6, 6.07) is -0.881. The van der Waals surface area contributed by atoms with Crippen LogP contribution in [0.3, 0.4) is 0 Å². The minimum Gasteiger partial charge on any atom is -0.510 e. The van der Waals surface area contributed by atoms with Crippen molar-refractivity contribution in [2.24, 2.45) is 23.5 Å². The van der Waals surface area contributed by atoms with Gasteiger partial charge in [-0.3, -0.25) is 24.1 Å². The molecule has 1 aliphatic heterocycles. The number of amides is 2. The summed E-state index contributed by atoms with van der Waals surface area (Å²) in [7, 11) is 3.23. The van der Waals surface area contributed by atoms with E-state index in [9.17, 15) is 34.5 Å². The van der Waals surface area contributed by atoms with E-state index in [1.165, 1.54) is 0 Å². The number of likely N-dealkylation sites (N-methyl/N-ethyl adjacent to an activating group) is 1. The standard InChI is InChI=1S/C24H25FN4O7/c1-29(2)18-9-4-7-3-8-13(22(34)17-10(16(8)25)5-27-6-11(30)28-17)19(31)12(7)20(32)14(9)21(33)15(23(18)35)24(26)36/h7,9,14,18,27,31,34-35H,3-6H2,1-2H3,(H2,26,36)(H,28,30)/t7?,9?,14?,18-/m0/s1. The molecule has 1 aromatic rings. The fourth-order valence-corrected chi connectivity index (χ4v) is 6.20. The molecule has 36 heavy (non-hydrogen) atoms. The number of Topliss-reactive ketones (excluding diaryl/α,β-unsaturated/α-hetero) is 2. The van der Waals surface area contributed by atoms with E-state index in [1.54, 1.807) is 19.0 Å². The van der Waals surface area contributed by atoms with Gasteiger partial charge in [0, 0.05) is 23.2 Å². The van der Waals surface area contributed by atoms with Gasteiger partial charge in [-0.15, -0.1) is 0 Å². The van der Waals surface area contributed by atoms with E-state index >= 15 is 4.39 Å². The number of hydrogen-bond donors (Lipinski definition) is 6. The Morgan fingerprint density at radius 3 is 2.42 bits per heavy atom. The molecular weight excluding hydrogens is 475 g/mol. The highest BCUT2D eigenvalue weighted by molar-refractivity contribution is 6.28. The Morgan fingerprint density at radius 2 is 1.78 bits per heavy atom. The molecule has 7 N–H and O–H groups in total. The SMILES string of the molecule is CN(C)[C@@H]1C(O)=C(C(N)=O)C(=O)C2C(=O)C3=C(O)c4c(O)c5c(c(F)c4CC3CC21)CNCC(=O)N5. The fraction of sp³-hybridized carbons (Fsp3) is 0.417. The minimum absolute atomic E-state index is 0.0113. The number of aliphatic hydroxyl groups is 2. The molecule has 5 rings (SSSR count). The van der Waals surface area contributed by atoms with Crippen LogP contribution in [0.15, 0.2) is 16.9 Å². The maximum Gasteiger partial charge on any atom is 0.255 e. The van der Waals surface area contributed by atoms with Crippen molar-refractivity contribution in [2.75, 3.05) is 26.0 Å². The lowest BCUT2D eigenvalue weighted by Crippen LogP contribution is -2.55. The van der Waals surface area contributed by atoms with Crippen LogP contribution in [-0.2, 0) is 32.1 Å². The molecule has 1 saturated carbocycles. The lowest BCUT2D eigenvalue weighted by Gasteiger charge is -2.46. The van der Waals surface area contributed by atoms with Crippen molar-refractivity contribution in [1.82, 2.24) is 10.2 Å². The van der Waals surface area contributed by atoms with Gasteiger partial charge in [0.1, 0.15) is 22.9 Å². The van der Waals surface area contributed by atoms with Crippen LogP contribution in [0.4, 0.5) is 10.1 Å². The maximum atomic E-state index is 15.7. The summed E-state index contributed by atoms with van der Waals surface area (Å²) in [5, 5.41) is 38.1. The van der Waals surface area contributed by atoms with Crippen LogP contribution < -0.4 is 16.4 Å². The summed E-state index contributed by atoms with van der Waals surface area (Å²) in [5.41, 5.74) is 4.03. The van der Waals surface area contributed by atoms with Crippen LogP contribution in [-0.4, -0.2) is 70.3 Å². The Labute approximate surface area is 204 Å². The van der Waals surface area contributed by atoms with Gasteiger partial charge in [-0.1, -0.05) is 0 Å². The average Bonchev–Trinajstić information content (AvgIpc) is 2.98. The molecule has 1 heterocycles. The van der Waals surface area contributed by atoms with Crippen LogP contribution in [0.25, 0.3) is 5.76 Å². The molecule has 0 bridgehead atoms. The van der Waals surface area contributed by atoms with E-state index in [2.05, 4.69) is 10.6 Å². The molecule has 1 fully saturated rings. The molecule has 4 atom stereocenters. The first kappa shape index (κ1) is 23.9. The number of hydrogen-bond acceptors (Lipinski definition) is 9. The van der Waals surface area contributed by atoms with Crippen molar-refractivity contribution >= 4 is 34.8 Å². The number of rotatable bonds is 2. The van der Waals surface area contributed by atoms with E-state index < -0.39 is 75.8 Å². The second-order valence-corrected chi connectivity index (χ2v) is 9.82. The number of primary amides is 1. The quantitative estimate of drug-likeness (QED) is 0.185. The van der Waals surface area contributed by atoms with Crippen molar-refractivity contribution in [1.29, 1.82) is 0 Å². The number of carbonyl (C=O) groups is 4. The third-order valence-electron chi connectivity index (χ3n) is 7.62. The number of nitrogens with one attached hydrogen (secondary N) is 2. The number of phenols is 1. The normalized spacial score (nSPS) is 27.7. The van der Waals surface area contributed by atoms with Crippen molar-refractivity contribution in [2.45, 2.75) is 25.4 Å². The Kier molecular flexibility index (Phi) is 5.41. The zero-order chi connectivity index (χ0) is 26.2. The van der Waals surface area contributed by atoms with Crippen LogP contribution in [0.2, 0.25) is 0 Å². The second-order valence-electron chi connectivity index (χ2n) is 9.82. The number of halogens is 1. The second kappa shape index (κ2) is 8.14. The topological polar surface area (TPSA) is 182 Å². The van der Waals surface area contributed by atoms with Crippen molar-refractivity contribution in [3.8, 4) is 5.75 Å². The number of benzene rings is 1. The van der Waals surface area contributed by atoms with E-state index in [1.807, 2.05) is 0 Å². The molecule has 1 aromatic carbocycles. The van der Waals surface area contributed by atoms with E-state index in [0.717, 1.165) is 0 Å². The Hall–Kier alpha value is -3.77. The number of fused-ring (bicyclic) bond motifs is 4. The molecule has 12 heteroatoms. The van der Waals surface area contributed by atoms with Crippen LogP contribution in [0.1, 0.15) is 23.1 Å². The number of aromatic hydroxyl groups is 1. The molecule has 0 radical (unpaired) electrons. The number of anilines is 1. The van der Waals surface area contributed by atoms with E-state index in [-0.39, 0.29) is 53.9 Å². The van der Waals surface area contributed by atoms with Gasteiger partial charge >= 0.3 is 0 Å². The molecule has 3 unspecified atom stereocenters. The van der Waals surface area contributed by atoms with E-state index in [0.29, 0.717) is 0 Å². The van der Waals surface area contributed by atoms with Gasteiger partial charge in [-0.25, -0.2) is 4.39 Å². The van der Waals surface area contributed by atoms with Gasteiger partial charge in [-0.2, -0.15) is 0 Å². The number of phenolic OH excluding ortho intramolecular Hbond substituents is 1. The fourth-order valence-electron chi connectivity index (χ4n) is 6.20. The lowest BCUT2D eigenvalue weighted by atomic mass is 9.59. The highest BCUT2D eigenvalue weighted by Gasteiger charge is 2.56. The minimum atomic E-state index is -1.40. The average molecular weight is 500 g/mol. The molecule has 190 valence electrons. The number of carbonyl (C=O) groups excluding carboxylic acids is 4. The van der Waals surface area contributed by atoms with Crippen molar-refractivity contribution in [3.63, 3.8) is 0 Å². The van der Waals surface area contributed by atoms with Gasteiger partial charge in [-0.05, 0) is 38.8 Å². The predicted molar refractivity (Wildman–Crippen MR) is 123 cm³/mol. The van der Waals surface area contributed by atoms with Gasteiger partial charge in [0.05, 0.1) is 29.8 Å². The Morgan fingerprint density at radius 1 is 1.08 bits per heavy atom. The number of allylic oxidation sites excluding steroid dienone is 1. The first-order valence-electron chi connectivity index (χ1n) is 11.4. The molecule has 4 aliphatic rings.